The van der Waals surface area contributed by atoms with Crippen molar-refractivity contribution in [3.8, 4) is 0 Å². The Bertz CT molecular complexity index is 502. The van der Waals surface area contributed by atoms with E-state index in [1.54, 1.807) is 13.8 Å². The molecule has 1 aromatic carbocycles. The lowest BCUT2D eigenvalue weighted by atomic mass is 9.84. The summed E-state index contributed by atoms with van der Waals surface area (Å²) in [6.07, 6.45) is 0. The molecule has 1 aromatic rings. The van der Waals surface area contributed by atoms with Gasteiger partial charge in [-0.15, -0.1) is 0 Å². The number of halogens is 2. The molecule has 1 rings (SSSR count). The number of benzene rings is 1. The number of ketones is 1. The van der Waals surface area contributed by atoms with Gasteiger partial charge in [0.1, 0.15) is 11.6 Å². The second kappa shape index (κ2) is 5.44. The first-order valence-electron chi connectivity index (χ1n) is 5.39. The Balaban J connectivity index is 3.50. The topological polar surface area (TPSA) is 60.2 Å². The summed E-state index contributed by atoms with van der Waals surface area (Å²) in [6.45, 7) is 4.84. The minimum Gasteiger partial charge on any atom is -0.299 e. The van der Waals surface area contributed by atoms with Crippen molar-refractivity contribution in [3.05, 3.63) is 38.7 Å². The predicted octanol–water partition coefficient (Wildman–Crippen LogP) is 3.72. The van der Waals surface area contributed by atoms with E-state index < -0.39 is 16.7 Å². The van der Waals surface area contributed by atoms with Gasteiger partial charge < -0.3 is 0 Å². The van der Waals surface area contributed by atoms with Crippen molar-refractivity contribution in [2.24, 2.45) is 5.92 Å². The molecular weight excluding hydrogens is 261 g/mol. The van der Waals surface area contributed by atoms with Crippen molar-refractivity contribution in [2.75, 3.05) is 0 Å². The second-order valence-corrected chi connectivity index (χ2v) is 4.82. The monoisotopic (exact) mass is 273 g/mol. The second-order valence-electron chi connectivity index (χ2n) is 4.41. The largest absolute Gasteiger partial charge is 0.299 e. The molecule has 0 amide bonds. The van der Waals surface area contributed by atoms with Crippen LogP contribution in [0.3, 0.4) is 0 Å². The van der Waals surface area contributed by atoms with Crippen LogP contribution in [0.15, 0.2) is 12.1 Å². The Labute approximate surface area is 109 Å². The zero-order valence-corrected chi connectivity index (χ0v) is 11.0. The van der Waals surface area contributed by atoms with E-state index in [-0.39, 0.29) is 28.0 Å². The number of nitro benzene ring substituents is 1. The van der Waals surface area contributed by atoms with Crippen molar-refractivity contribution in [2.45, 2.75) is 26.7 Å². The van der Waals surface area contributed by atoms with Gasteiger partial charge in [-0.2, -0.15) is 0 Å². The highest BCUT2D eigenvalue weighted by molar-refractivity contribution is 6.31. The molecule has 0 aliphatic heterocycles. The molecule has 0 aliphatic rings. The number of Topliss-reactive ketones (excluding diaryl/α,β-unsaturated/α-hetero) is 1. The van der Waals surface area contributed by atoms with Crippen LogP contribution in [-0.4, -0.2) is 10.7 Å². The number of hydrogen-bond acceptors (Lipinski definition) is 3. The minimum absolute atomic E-state index is 0.0735. The molecule has 0 bridgehead atoms. The summed E-state index contributed by atoms with van der Waals surface area (Å²) >= 11 is 5.53. The molecule has 0 saturated heterocycles. The Morgan fingerprint density at radius 1 is 1.44 bits per heavy atom. The SMILES string of the molecule is CC(=O)C(c1cc(F)c(Cl)cc1[N+](=O)[O-])C(C)C. The van der Waals surface area contributed by atoms with Crippen molar-refractivity contribution < 1.29 is 14.1 Å². The van der Waals surface area contributed by atoms with Crippen LogP contribution in [-0.2, 0) is 4.79 Å². The van der Waals surface area contributed by atoms with Crippen LogP contribution < -0.4 is 0 Å². The van der Waals surface area contributed by atoms with E-state index in [4.69, 9.17) is 11.6 Å². The summed E-state index contributed by atoms with van der Waals surface area (Å²) in [7, 11) is 0. The Hall–Kier alpha value is -1.49. The summed E-state index contributed by atoms with van der Waals surface area (Å²) in [5.74, 6) is -1.88. The van der Waals surface area contributed by atoms with Crippen LogP contribution in [0.5, 0.6) is 0 Å². The van der Waals surface area contributed by atoms with Gasteiger partial charge in [-0.05, 0) is 18.9 Å². The third-order valence-electron chi connectivity index (χ3n) is 2.71. The van der Waals surface area contributed by atoms with E-state index >= 15 is 0 Å². The number of hydrogen-bond donors (Lipinski definition) is 0. The Morgan fingerprint density at radius 2 is 2.00 bits per heavy atom. The zero-order valence-electron chi connectivity index (χ0n) is 10.2. The van der Waals surface area contributed by atoms with Gasteiger partial charge >= 0.3 is 0 Å². The summed E-state index contributed by atoms with van der Waals surface area (Å²) in [4.78, 5) is 21.9. The van der Waals surface area contributed by atoms with Crippen LogP contribution in [0.2, 0.25) is 5.02 Å². The van der Waals surface area contributed by atoms with Crippen molar-refractivity contribution in [3.63, 3.8) is 0 Å². The maximum Gasteiger partial charge on any atom is 0.275 e. The van der Waals surface area contributed by atoms with E-state index in [1.807, 2.05) is 0 Å². The molecule has 0 saturated carbocycles. The van der Waals surface area contributed by atoms with E-state index in [0.29, 0.717) is 0 Å². The van der Waals surface area contributed by atoms with Crippen LogP contribution in [0.1, 0.15) is 32.3 Å². The maximum absolute atomic E-state index is 13.4. The van der Waals surface area contributed by atoms with Crippen molar-refractivity contribution in [1.82, 2.24) is 0 Å². The molecule has 6 heteroatoms. The normalized spacial score (nSPS) is 12.6. The number of nitro groups is 1. The summed E-state index contributed by atoms with van der Waals surface area (Å²) < 4.78 is 13.4. The Morgan fingerprint density at radius 3 is 2.39 bits per heavy atom. The average molecular weight is 274 g/mol. The maximum atomic E-state index is 13.4. The third-order valence-corrected chi connectivity index (χ3v) is 3.00. The highest BCUT2D eigenvalue weighted by Gasteiger charge is 2.29. The molecular formula is C12H13ClFNO3. The van der Waals surface area contributed by atoms with Gasteiger partial charge in [0.15, 0.2) is 0 Å². The molecule has 1 atom stereocenters. The molecule has 0 radical (unpaired) electrons. The van der Waals surface area contributed by atoms with E-state index in [0.717, 1.165) is 12.1 Å². The molecule has 0 heterocycles. The number of nitrogens with zero attached hydrogens (tertiary/aromatic N) is 1. The lowest BCUT2D eigenvalue weighted by Gasteiger charge is -2.18. The summed E-state index contributed by atoms with van der Waals surface area (Å²) in [5, 5.41) is 10.6. The van der Waals surface area contributed by atoms with Crippen LogP contribution in [0, 0.1) is 21.8 Å². The van der Waals surface area contributed by atoms with Gasteiger partial charge in [0.25, 0.3) is 5.69 Å². The highest BCUT2D eigenvalue weighted by atomic mass is 35.5. The summed E-state index contributed by atoms with van der Waals surface area (Å²) in [6, 6.07) is 1.93. The first-order valence-corrected chi connectivity index (χ1v) is 5.77. The smallest absolute Gasteiger partial charge is 0.275 e. The molecule has 0 N–H and O–H groups in total. The fourth-order valence-corrected chi connectivity index (χ4v) is 2.16. The van der Waals surface area contributed by atoms with Crippen LogP contribution in [0.4, 0.5) is 10.1 Å². The molecule has 98 valence electrons. The first-order chi connectivity index (χ1) is 8.25. The molecule has 0 fully saturated rings. The van der Waals surface area contributed by atoms with E-state index in [1.165, 1.54) is 6.92 Å². The molecule has 0 aromatic heterocycles. The number of carbonyl (C=O) groups excluding carboxylic acids is 1. The van der Waals surface area contributed by atoms with E-state index in [9.17, 15) is 19.3 Å². The van der Waals surface area contributed by atoms with Gasteiger partial charge in [0.2, 0.25) is 0 Å². The highest BCUT2D eigenvalue weighted by Crippen LogP contribution is 2.35. The fourth-order valence-electron chi connectivity index (χ4n) is 2.01. The molecule has 0 aliphatic carbocycles. The zero-order chi connectivity index (χ0) is 14.0. The molecule has 18 heavy (non-hydrogen) atoms. The summed E-state index contributed by atoms with van der Waals surface area (Å²) in [5.41, 5.74) is -0.250. The van der Waals surface area contributed by atoms with Crippen molar-refractivity contribution >= 4 is 23.1 Å². The molecule has 4 nitrogen and oxygen atoms in total. The minimum atomic E-state index is -0.760. The predicted molar refractivity (Wildman–Crippen MR) is 66.3 cm³/mol. The lowest BCUT2D eigenvalue weighted by molar-refractivity contribution is -0.385. The van der Waals surface area contributed by atoms with Gasteiger partial charge in [-0.1, -0.05) is 25.4 Å². The average Bonchev–Trinajstić information content (AvgIpc) is 2.21. The fraction of sp³-hybridized carbons (Fsp3) is 0.417. The third kappa shape index (κ3) is 2.85. The van der Waals surface area contributed by atoms with Gasteiger partial charge in [-0.25, -0.2) is 4.39 Å². The van der Waals surface area contributed by atoms with Gasteiger partial charge in [-0.3, -0.25) is 14.9 Å². The first kappa shape index (κ1) is 14.6. The Kier molecular flexibility index (Phi) is 4.40. The van der Waals surface area contributed by atoms with E-state index in [2.05, 4.69) is 0 Å². The number of rotatable bonds is 4. The molecule has 0 spiro atoms. The van der Waals surface area contributed by atoms with Gasteiger partial charge in [0, 0.05) is 11.6 Å². The number of carbonyl (C=O) groups is 1. The van der Waals surface area contributed by atoms with Crippen LogP contribution in [0.25, 0.3) is 0 Å². The standard InChI is InChI=1S/C12H13ClFNO3/c1-6(2)12(7(3)16)8-4-10(14)9(13)5-11(8)15(17)18/h4-6,12H,1-3H3. The van der Waals surface area contributed by atoms with Crippen molar-refractivity contribution in [1.29, 1.82) is 0 Å². The molecule has 1 unspecified atom stereocenters. The van der Waals surface area contributed by atoms with Crippen LogP contribution >= 0.6 is 11.6 Å². The lowest BCUT2D eigenvalue weighted by Crippen LogP contribution is -2.17. The van der Waals surface area contributed by atoms with Gasteiger partial charge in [0.05, 0.1) is 15.9 Å². The quantitative estimate of drug-likeness (QED) is 0.620.